The molecule has 0 bridgehead atoms. The highest BCUT2D eigenvalue weighted by Gasteiger charge is 2.30. The highest BCUT2D eigenvalue weighted by atomic mass is 32.2. The lowest BCUT2D eigenvalue weighted by atomic mass is 10.1. The molecule has 4 rings (SSSR count). The van der Waals surface area contributed by atoms with Gasteiger partial charge in [0.15, 0.2) is 0 Å². The lowest BCUT2D eigenvalue weighted by molar-refractivity contribution is -0.137. The second-order valence-corrected chi connectivity index (χ2v) is 12.4. The van der Waals surface area contributed by atoms with Crippen LogP contribution in [-0.4, -0.2) is 22.7 Å². The van der Waals surface area contributed by atoms with Crippen LogP contribution in [0, 0.1) is 13.8 Å². The molecule has 0 atom stereocenters. The van der Waals surface area contributed by atoms with E-state index in [1.807, 2.05) is 6.92 Å². The minimum atomic E-state index is -4.64. The number of nitrogens with one attached hydrogen (secondary N) is 3. The molecule has 214 valence electrons. The predicted octanol–water partition coefficient (Wildman–Crippen LogP) is 6.18. The first-order valence-electron chi connectivity index (χ1n) is 12.0. The van der Waals surface area contributed by atoms with Crippen LogP contribution in [0.1, 0.15) is 27.0 Å². The van der Waals surface area contributed by atoms with Crippen molar-refractivity contribution in [3.63, 3.8) is 0 Å². The third-order valence-corrected chi connectivity index (χ3v) is 8.83. The SMILES string of the molecule is Cc1ccc(NS(=O)(=O)c2cc(C(=O)Nc3ccc(S(=O)(=O)Nc4cccc(C(F)(F)F)c4)cc3)ccc2C)cc1. The molecule has 0 saturated carbocycles. The van der Waals surface area contributed by atoms with E-state index in [1.165, 1.54) is 48.5 Å². The highest BCUT2D eigenvalue weighted by molar-refractivity contribution is 7.93. The number of carbonyl (C=O) groups excluding carboxylic acids is 1. The number of hydrogen-bond donors (Lipinski definition) is 3. The summed E-state index contributed by atoms with van der Waals surface area (Å²) in [7, 11) is -8.24. The van der Waals surface area contributed by atoms with Crippen LogP contribution in [0.3, 0.4) is 0 Å². The largest absolute Gasteiger partial charge is 0.416 e. The van der Waals surface area contributed by atoms with Crippen molar-refractivity contribution in [1.29, 1.82) is 0 Å². The van der Waals surface area contributed by atoms with E-state index in [0.717, 1.165) is 17.7 Å². The van der Waals surface area contributed by atoms with E-state index in [-0.39, 0.29) is 26.7 Å². The smallest absolute Gasteiger partial charge is 0.322 e. The first kappa shape index (κ1) is 29.6. The van der Waals surface area contributed by atoms with Crippen molar-refractivity contribution in [2.45, 2.75) is 29.8 Å². The molecule has 4 aromatic carbocycles. The van der Waals surface area contributed by atoms with Gasteiger partial charge in [0.2, 0.25) is 0 Å². The van der Waals surface area contributed by atoms with E-state index in [1.54, 1.807) is 31.2 Å². The number of halogens is 3. The molecule has 3 N–H and O–H groups in total. The Morgan fingerprint density at radius 3 is 1.93 bits per heavy atom. The molecule has 0 aromatic heterocycles. The Morgan fingerprint density at radius 2 is 1.29 bits per heavy atom. The van der Waals surface area contributed by atoms with Gasteiger partial charge in [-0.25, -0.2) is 16.8 Å². The van der Waals surface area contributed by atoms with Gasteiger partial charge in [-0.3, -0.25) is 14.2 Å². The highest BCUT2D eigenvalue weighted by Crippen LogP contribution is 2.31. The molecule has 0 fully saturated rings. The maximum absolute atomic E-state index is 13.0. The van der Waals surface area contributed by atoms with Crippen molar-refractivity contribution in [3.8, 4) is 0 Å². The fourth-order valence-electron chi connectivity index (χ4n) is 3.76. The zero-order valence-electron chi connectivity index (χ0n) is 21.7. The summed E-state index contributed by atoms with van der Waals surface area (Å²) < 4.78 is 94.8. The van der Waals surface area contributed by atoms with Crippen LogP contribution in [0.15, 0.2) is 101 Å². The van der Waals surface area contributed by atoms with Crippen LogP contribution >= 0.6 is 0 Å². The van der Waals surface area contributed by atoms with E-state index in [0.29, 0.717) is 17.3 Å². The van der Waals surface area contributed by atoms with Crippen molar-refractivity contribution in [2.75, 3.05) is 14.8 Å². The number of anilines is 3. The third kappa shape index (κ3) is 7.24. The molecule has 0 spiro atoms. The van der Waals surface area contributed by atoms with Crippen LogP contribution in [0.5, 0.6) is 0 Å². The van der Waals surface area contributed by atoms with Crippen molar-refractivity contribution in [3.05, 3.63) is 113 Å². The van der Waals surface area contributed by atoms with Crippen LogP contribution in [-0.2, 0) is 26.2 Å². The zero-order valence-corrected chi connectivity index (χ0v) is 23.3. The van der Waals surface area contributed by atoms with Gasteiger partial charge in [0.25, 0.3) is 26.0 Å². The van der Waals surface area contributed by atoms with E-state index in [4.69, 9.17) is 0 Å². The van der Waals surface area contributed by atoms with Gasteiger partial charge in [0.1, 0.15) is 0 Å². The van der Waals surface area contributed by atoms with Gasteiger partial charge in [0.05, 0.1) is 15.4 Å². The summed E-state index contributed by atoms with van der Waals surface area (Å²) in [6, 6.07) is 19.6. The molecular weight excluding hydrogens is 579 g/mol. The number of aryl methyl sites for hydroxylation is 2. The molecule has 0 aliphatic heterocycles. The Labute approximate surface area is 235 Å². The summed E-state index contributed by atoms with van der Waals surface area (Å²) in [6.07, 6.45) is -4.64. The summed E-state index contributed by atoms with van der Waals surface area (Å²) in [4.78, 5) is 12.5. The molecule has 0 unspecified atom stereocenters. The van der Waals surface area contributed by atoms with Crippen molar-refractivity contribution < 1.29 is 34.8 Å². The average Bonchev–Trinajstić information content (AvgIpc) is 2.90. The third-order valence-electron chi connectivity index (χ3n) is 5.91. The second kappa shape index (κ2) is 11.3. The molecule has 41 heavy (non-hydrogen) atoms. The van der Waals surface area contributed by atoms with E-state index in [9.17, 15) is 34.8 Å². The molecule has 13 heteroatoms. The standard InChI is InChI=1S/C28H24F3N3O5S2/c1-18-6-10-23(11-7-18)33-41(38,39)26-16-20(9-8-19(26)2)27(35)32-22-12-14-25(15-13-22)40(36,37)34-24-5-3-4-21(17-24)28(29,30)31/h3-17,33-34H,1-2H3,(H,32,35). The molecule has 0 aliphatic rings. The maximum atomic E-state index is 13.0. The molecular formula is C28H24F3N3O5S2. The summed E-state index contributed by atoms with van der Waals surface area (Å²) in [5.41, 5.74) is 0.721. The second-order valence-electron chi connectivity index (χ2n) is 9.11. The number of hydrogen-bond acceptors (Lipinski definition) is 5. The average molecular weight is 604 g/mol. The maximum Gasteiger partial charge on any atom is 0.416 e. The first-order chi connectivity index (χ1) is 19.1. The van der Waals surface area contributed by atoms with Crippen molar-refractivity contribution in [1.82, 2.24) is 0 Å². The molecule has 0 radical (unpaired) electrons. The van der Waals surface area contributed by atoms with Gasteiger partial charge in [-0.05, 0) is 86.1 Å². The zero-order chi connectivity index (χ0) is 30.0. The Hall–Kier alpha value is -4.36. The molecule has 0 heterocycles. The number of benzene rings is 4. The predicted molar refractivity (Wildman–Crippen MR) is 150 cm³/mol. The van der Waals surface area contributed by atoms with Gasteiger partial charge in [-0.15, -0.1) is 0 Å². The Kier molecular flexibility index (Phi) is 8.13. The minimum absolute atomic E-state index is 0.0443. The van der Waals surface area contributed by atoms with Gasteiger partial charge in [-0.2, -0.15) is 13.2 Å². The topological polar surface area (TPSA) is 121 Å². The summed E-state index contributed by atoms with van der Waals surface area (Å²) in [6.45, 7) is 3.46. The molecule has 4 aromatic rings. The minimum Gasteiger partial charge on any atom is -0.322 e. The lowest BCUT2D eigenvalue weighted by Crippen LogP contribution is -2.17. The number of amides is 1. The van der Waals surface area contributed by atoms with Crippen molar-refractivity contribution >= 4 is 43.0 Å². The number of alkyl halides is 3. The van der Waals surface area contributed by atoms with Crippen LogP contribution in [0.2, 0.25) is 0 Å². The normalized spacial score (nSPS) is 12.0. The van der Waals surface area contributed by atoms with Crippen LogP contribution in [0.25, 0.3) is 0 Å². The van der Waals surface area contributed by atoms with E-state index >= 15 is 0 Å². The van der Waals surface area contributed by atoms with Crippen molar-refractivity contribution in [2.24, 2.45) is 0 Å². The Balaban J connectivity index is 1.48. The monoisotopic (exact) mass is 603 g/mol. The molecule has 0 saturated heterocycles. The fourth-order valence-corrected chi connectivity index (χ4v) is 6.14. The molecule has 8 nitrogen and oxygen atoms in total. The van der Waals surface area contributed by atoms with Gasteiger partial charge >= 0.3 is 6.18 Å². The first-order valence-corrected chi connectivity index (χ1v) is 14.9. The van der Waals surface area contributed by atoms with E-state index < -0.39 is 37.7 Å². The Bertz CT molecular complexity index is 1810. The molecule has 1 amide bonds. The van der Waals surface area contributed by atoms with Gasteiger partial charge in [-0.1, -0.05) is 29.8 Å². The fraction of sp³-hybridized carbons (Fsp3) is 0.107. The molecule has 0 aliphatic carbocycles. The van der Waals surface area contributed by atoms with Gasteiger partial charge < -0.3 is 5.32 Å². The Morgan fingerprint density at radius 1 is 0.683 bits per heavy atom. The number of carbonyl (C=O) groups is 1. The van der Waals surface area contributed by atoms with E-state index in [2.05, 4.69) is 14.8 Å². The number of rotatable bonds is 8. The van der Waals surface area contributed by atoms with Gasteiger partial charge in [0, 0.05) is 22.6 Å². The summed E-state index contributed by atoms with van der Waals surface area (Å²) in [5.74, 6) is -0.644. The van der Waals surface area contributed by atoms with Crippen LogP contribution < -0.4 is 14.8 Å². The quantitative estimate of drug-likeness (QED) is 0.222. The number of sulfonamides is 2. The summed E-state index contributed by atoms with van der Waals surface area (Å²) in [5, 5.41) is 2.57. The van der Waals surface area contributed by atoms with Crippen LogP contribution in [0.4, 0.5) is 30.2 Å². The lowest BCUT2D eigenvalue weighted by Gasteiger charge is -2.13. The summed E-state index contributed by atoms with van der Waals surface area (Å²) >= 11 is 0.